The Labute approximate surface area is 196 Å². The number of carbonyl (C=O) groups excluding carboxylic acids is 4. The van der Waals surface area contributed by atoms with E-state index in [1.807, 2.05) is 12.1 Å². The summed E-state index contributed by atoms with van der Waals surface area (Å²) in [4.78, 5) is 48.4. The smallest absolute Gasteiger partial charge is 0.325 e. The highest BCUT2D eigenvalue weighted by atomic mass is 16.5. The molecule has 3 N–H and O–H groups in total. The first-order chi connectivity index (χ1) is 16.5. The predicted molar refractivity (Wildman–Crippen MR) is 125 cm³/mol. The first kappa shape index (κ1) is 24.0. The van der Waals surface area contributed by atoms with E-state index in [0.29, 0.717) is 11.4 Å². The van der Waals surface area contributed by atoms with E-state index in [1.54, 1.807) is 72.8 Å². The third kappa shape index (κ3) is 7.79. The van der Waals surface area contributed by atoms with Crippen molar-refractivity contribution in [2.45, 2.75) is 0 Å². The van der Waals surface area contributed by atoms with Gasteiger partial charge in [-0.25, -0.2) is 0 Å². The lowest BCUT2D eigenvalue weighted by molar-refractivity contribution is -0.147. The Morgan fingerprint density at radius 3 is 2.06 bits per heavy atom. The second-order valence-corrected chi connectivity index (χ2v) is 6.95. The number of nitrogens with one attached hydrogen (secondary N) is 3. The van der Waals surface area contributed by atoms with Gasteiger partial charge in [-0.15, -0.1) is 0 Å². The summed E-state index contributed by atoms with van der Waals surface area (Å²) in [7, 11) is 0. The summed E-state index contributed by atoms with van der Waals surface area (Å²) in [5, 5.41) is 7.65. The van der Waals surface area contributed by atoms with Crippen molar-refractivity contribution in [2.24, 2.45) is 0 Å². The fraction of sp³-hybridized carbons (Fsp3) is 0.120. The monoisotopic (exact) mass is 461 g/mol. The van der Waals surface area contributed by atoms with E-state index in [2.05, 4.69) is 16.0 Å². The Morgan fingerprint density at radius 1 is 0.676 bits per heavy atom. The Kier molecular flexibility index (Phi) is 8.75. The molecule has 0 saturated carbocycles. The fourth-order valence-corrected chi connectivity index (χ4v) is 2.78. The molecule has 3 rings (SSSR count). The van der Waals surface area contributed by atoms with Gasteiger partial charge in [-0.05, 0) is 36.4 Å². The number of anilines is 2. The van der Waals surface area contributed by atoms with Crippen LogP contribution in [0.5, 0.6) is 5.75 Å². The normalized spacial score (nSPS) is 10.0. The summed E-state index contributed by atoms with van der Waals surface area (Å²) in [5.74, 6) is -1.82. The molecule has 0 heterocycles. The SMILES string of the molecule is O=C(COc1ccccc1)NCC(=O)OCC(=O)Nc1ccccc1C(=O)Nc1ccccc1. The van der Waals surface area contributed by atoms with Crippen molar-refractivity contribution in [2.75, 3.05) is 30.4 Å². The van der Waals surface area contributed by atoms with Crippen molar-refractivity contribution in [3.8, 4) is 5.75 Å². The molecule has 0 spiro atoms. The lowest BCUT2D eigenvalue weighted by atomic mass is 10.1. The van der Waals surface area contributed by atoms with Crippen LogP contribution in [0, 0.1) is 0 Å². The molecule has 0 radical (unpaired) electrons. The number of para-hydroxylation sites is 3. The minimum Gasteiger partial charge on any atom is -0.484 e. The Morgan fingerprint density at radius 2 is 1.32 bits per heavy atom. The van der Waals surface area contributed by atoms with Crippen molar-refractivity contribution in [3.63, 3.8) is 0 Å². The molecule has 0 aliphatic heterocycles. The second kappa shape index (κ2) is 12.4. The van der Waals surface area contributed by atoms with Crippen molar-refractivity contribution in [3.05, 3.63) is 90.5 Å². The molecule has 0 fully saturated rings. The number of ether oxygens (including phenoxy) is 2. The van der Waals surface area contributed by atoms with Crippen molar-refractivity contribution in [1.82, 2.24) is 5.32 Å². The lowest BCUT2D eigenvalue weighted by Crippen LogP contribution is -2.35. The van der Waals surface area contributed by atoms with Crippen LogP contribution in [0.15, 0.2) is 84.9 Å². The number of amides is 3. The molecule has 0 atom stereocenters. The van der Waals surface area contributed by atoms with Crippen LogP contribution in [0.1, 0.15) is 10.4 Å². The van der Waals surface area contributed by atoms with Crippen LogP contribution < -0.4 is 20.7 Å². The topological polar surface area (TPSA) is 123 Å². The summed E-state index contributed by atoms with van der Waals surface area (Å²) >= 11 is 0. The quantitative estimate of drug-likeness (QED) is 0.399. The molecule has 174 valence electrons. The lowest BCUT2D eigenvalue weighted by Gasteiger charge is -2.12. The van der Waals surface area contributed by atoms with E-state index in [0.717, 1.165) is 0 Å². The number of benzene rings is 3. The minimum absolute atomic E-state index is 0.247. The zero-order valence-electron chi connectivity index (χ0n) is 18.2. The Balaban J connectivity index is 1.42. The van der Waals surface area contributed by atoms with Gasteiger partial charge in [0, 0.05) is 5.69 Å². The molecule has 0 aliphatic rings. The number of hydrogen-bond acceptors (Lipinski definition) is 6. The van der Waals surface area contributed by atoms with Crippen LogP contribution in [0.2, 0.25) is 0 Å². The van der Waals surface area contributed by atoms with Crippen LogP contribution in [0.4, 0.5) is 11.4 Å². The van der Waals surface area contributed by atoms with E-state index in [-0.39, 0.29) is 17.9 Å². The van der Waals surface area contributed by atoms with Gasteiger partial charge in [0.2, 0.25) is 0 Å². The highest BCUT2D eigenvalue weighted by molar-refractivity contribution is 6.10. The average Bonchev–Trinajstić information content (AvgIpc) is 2.86. The van der Waals surface area contributed by atoms with E-state index in [4.69, 9.17) is 9.47 Å². The van der Waals surface area contributed by atoms with Gasteiger partial charge in [0.15, 0.2) is 13.2 Å². The molecular weight excluding hydrogens is 438 g/mol. The fourth-order valence-electron chi connectivity index (χ4n) is 2.78. The largest absolute Gasteiger partial charge is 0.484 e. The van der Waals surface area contributed by atoms with Crippen LogP contribution in [0.3, 0.4) is 0 Å². The van der Waals surface area contributed by atoms with Gasteiger partial charge in [0.1, 0.15) is 12.3 Å². The minimum atomic E-state index is -0.793. The van der Waals surface area contributed by atoms with Gasteiger partial charge in [0.25, 0.3) is 17.7 Å². The standard InChI is InChI=1S/C25H23N3O6/c29-22(16-33-19-11-5-2-6-12-19)26-15-24(31)34-17-23(30)28-21-14-8-7-13-20(21)25(32)27-18-9-3-1-4-10-18/h1-14H,15-17H2,(H,26,29)(H,27,32)(H,28,30). The summed E-state index contributed by atoms with van der Waals surface area (Å²) in [6.07, 6.45) is 0. The molecule has 0 saturated heterocycles. The predicted octanol–water partition coefficient (Wildman–Crippen LogP) is 2.62. The van der Waals surface area contributed by atoms with Crippen LogP contribution >= 0.6 is 0 Å². The molecule has 34 heavy (non-hydrogen) atoms. The third-order valence-electron chi connectivity index (χ3n) is 4.38. The summed E-state index contributed by atoms with van der Waals surface area (Å²) < 4.78 is 10.1. The maximum atomic E-state index is 12.6. The molecule has 3 aromatic carbocycles. The van der Waals surface area contributed by atoms with Crippen molar-refractivity contribution < 1.29 is 28.7 Å². The van der Waals surface area contributed by atoms with Gasteiger partial charge in [-0.3, -0.25) is 19.2 Å². The van der Waals surface area contributed by atoms with Gasteiger partial charge in [0.05, 0.1) is 11.3 Å². The van der Waals surface area contributed by atoms with Crippen LogP contribution in [-0.4, -0.2) is 43.4 Å². The van der Waals surface area contributed by atoms with E-state index < -0.39 is 36.8 Å². The number of hydrogen-bond donors (Lipinski definition) is 3. The highest BCUT2D eigenvalue weighted by Crippen LogP contribution is 2.17. The highest BCUT2D eigenvalue weighted by Gasteiger charge is 2.15. The van der Waals surface area contributed by atoms with Crippen molar-refractivity contribution >= 4 is 35.1 Å². The first-order valence-electron chi connectivity index (χ1n) is 10.4. The second-order valence-electron chi connectivity index (χ2n) is 6.95. The van der Waals surface area contributed by atoms with Gasteiger partial charge in [-0.1, -0.05) is 48.5 Å². The third-order valence-corrected chi connectivity index (χ3v) is 4.38. The first-order valence-corrected chi connectivity index (χ1v) is 10.4. The molecule has 9 heteroatoms. The maximum absolute atomic E-state index is 12.6. The van der Waals surface area contributed by atoms with E-state index in [9.17, 15) is 19.2 Å². The molecule has 0 aromatic heterocycles. The molecule has 0 bridgehead atoms. The number of rotatable bonds is 10. The molecular formula is C25H23N3O6. The Hall–Kier alpha value is -4.66. The molecule has 3 aromatic rings. The van der Waals surface area contributed by atoms with Crippen LogP contribution in [0.25, 0.3) is 0 Å². The molecule has 3 amide bonds. The zero-order chi connectivity index (χ0) is 24.2. The van der Waals surface area contributed by atoms with Crippen LogP contribution in [-0.2, 0) is 19.1 Å². The number of carbonyl (C=O) groups is 4. The summed E-state index contributed by atoms with van der Waals surface area (Å²) in [5.41, 5.74) is 1.12. The average molecular weight is 461 g/mol. The van der Waals surface area contributed by atoms with Gasteiger partial charge >= 0.3 is 5.97 Å². The van der Waals surface area contributed by atoms with E-state index >= 15 is 0 Å². The molecule has 9 nitrogen and oxygen atoms in total. The number of esters is 1. The molecule has 0 unspecified atom stereocenters. The van der Waals surface area contributed by atoms with Gasteiger partial charge < -0.3 is 25.4 Å². The zero-order valence-corrected chi connectivity index (χ0v) is 18.2. The summed E-state index contributed by atoms with van der Waals surface area (Å²) in [6, 6.07) is 24.1. The van der Waals surface area contributed by atoms with E-state index in [1.165, 1.54) is 0 Å². The molecule has 0 aliphatic carbocycles. The van der Waals surface area contributed by atoms with Gasteiger partial charge in [-0.2, -0.15) is 0 Å². The Bertz CT molecular complexity index is 1140. The van der Waals surface area contributed by atoms with Crippen molar-refractivity contribution in [1.29, 1.82) is 0 Å². The summed E-state index contributed by atoms with van der Waals surface area (Å²) in [6.45, 7) is -1.26. The maximum Gasteiger partial charge on any atom is 0.325 e.